The molecule has 2 rings (SSSR count). The maximum atomic E-state index is 12.5. The lowest BCUT2D eigenvalue weighted by Crippen LogP contribution is -2.44. The number of methoxy groups -OCH3 is 2. The molecule has 0 saturated heterocycles. The Labute approximate surface area is 129 Å². The molecule has 0 fully saturated rings. The van der Waals surface area contributed by atoms with Crippen molar-refractivity contribution in [2.45, 2.75) is 32.8 Å². The van der Waals surface area contributed by atoms with Crippen molar-refractivity contribution < 1.29 is 23.8 Å². The predicted molar refractivity (Wildman–Crippen MR) is 80.5 cm³/mol. The van der Waals surface area contributed by atoms with Gasteiger partial charge in [-0.2, -0.15) is 0 Å². The van der Waals surface area contributed by atoms with Crippen molar-refractivity contribution in [3.63, 3.8) is 0 Å². The van der Waals surface area contributed by atoms with Gasteiger partial charge in [-0.3, -0.25) is 4.79 Å². The van der Waals surface area contributed by atoms with Crippen molar-refractivity contribution in [2.24, 2.45) is 0 Å². The molecule has 0 N–H and O–H groups in total. The first-order valence-corrected chi connectivity index (χ1v) is 7.06. The molecule has 6 heteroatoms. The molecule has 0 spiro atoms. The first-order chi connectivity index (χ1) is 10.3. The molecule has 1 heterocycles. The zero-order valence-electron chi connectivity index (χ0n) is 13.6. The average Bonchev–Trinajstić information content (AvgIpc) is 2.44. The monoisotopic (exact) mass is 307 g/mol. The van der Waals surface area contributed by atoms with Crippen LogP contribution in [0.25, 0.3) is 0 Å². The van der Waals surface area contributed by atoms with Gasteiger partial charge in [0.15, 0.2) is 11.5 Å². The van der Waals surface area contributed by atoms with E-state index in [2.05, 4.69) is 0 Å². The quantitative estimate of drug-likeness (QED) is 0.840. The number of carbonyl (C=O) groups is 2. The highest BCUT2D eigenvalue weighted by atomic mass is 16.6. The Morgan fingerprint density at radius 1 is 1.14 bits per heavy atom. The fourth-order valence-corrected chi connectivity index (χ4v) is 2.30. The molecule has 0 bridgehead atoms. The van der Waals surface area contributed by atoms with Gasteiger partial charge in [0, 0.05) is 12.1 Å². The fraction of sp³-hybridized carbons (Fsp3) is 0.500. The number of rotatable bonds is 2. The molecule has 6 nitrogen and oxygen atoms in total. The standard InChI is InChI=1S/C16H21NO5/c1-16(2,3)22-15(19)17-7-6-10-8-12(20-4)13(21-5)9-11(10)14(17)18/h8-9H,6-7H2,1-5H3. The van der Waals surface area contributed by atoms with Gasteiger partial charge in [-0.1, -0.05) is 0 Å². The third-order valence-corrected chi connectivity index (χ3v) is 3.30. The molecular formula is C16H21NO5. The van der Waals surface area contributed by atoms with Gasteiger partial charge in [0.2, 0.25) is 0 Å². The van der Waals surface area contributed by atoms with Crippen molar-refractivity contribution in [3.8, 4) is 11.5 Å². The molecule has 120 valence electrons. The van der Waals surface area contributed by atoms with Gasteiger partial charge >= 0.3 is 6.09 Å². The molecule has 1 aromatic carbocycles. The van der Waals surface area contributed by atoms with E-state index in [1.807, 2.05) is 0 Å². The van der Waals surface area contributed by atoms with Gasteiger partial charge in [0.1, 0.15) is 5.60 Å². The van der Waals surface area contributed by atoms with Crippen LogP contribution in [0.3, 0.4) is 0 Å². The fourth-order valence-electron chi connectivity index (χ4n) is 2.30. The highest BCUT2D eigenvalue weighted by molar-refractivity contribution is 6.05. The number of benzene rings is 1. The lowest BCUT2D eigenvalue weighted by atomic mass is 9.98. The SMILES string of the molecule is COc1cc2c(cc1OC)C(=O)N(C(=O)OC(C)(C)C)CC2. The van der Waals surface area contributed by atoms with Crippen LogP contribution in [0.5, 0.6) is 11.5 Å². The number of ether oxygens (including phenoxy) is 3. The maximum absolute atomic E-state index is 12.5. The van der Waals surface area contributed by atoms with Gasteiger partial charge in [-0.05, 0) is 44.9 Å². The highest BCUT2D eigenvalue weighted by Gasteiger charge is 2.33. The van der Waals surface area contributed by atoms with E-state index in [0.29, 0.717) is 23.5 Å². The molecule has 0 atom stereocenters. The van der Waals surface area contributed by atoms with E-state index in [9.17, 15) is 9.59 Å². The summed E-state index contributed by atoms with van der Waals surface area (Å²) in [6, 6.07) is 3.38. The van der Waals surface area contributed by atoms with Crippen LogP contribution >= 0.6 is 0 Å². The molecular weight excluding hydrogens is 286 g/mol. The lowest BCUT2D eigenvalue weighted by molar-refractivity contribution is 0.0233. The van der Waals surface area contributed by atoms with E-state index >= 15 is 0 Å². The molecule has 1 aromatic rings. The summed E-state index contributed by atoms with van der Waals surface area (Å²) in [6.07, 6.45) is -0.0707. The maximum Gasteiger partial charge on any atom is 0.417 e. The van der Waals surface area contributed by atoms with E-state index in [0.717, 1.165) is 10.5 Å². The molecule has 0 saturated carbocycles. The molecule has 1 aliphatic rings. The van der Waals surface area contributed by atoms with Gasteiger partial charge in [-0.15, -0.1) is 0 Å². The molecule has 0 aliphatic carbocycles. The second kappa shape index (κ2) is 5.87. The molecule has 2 amide bonds. The molecule has 22 heavy (non-hydrogen) atoms. The molecule has 1 aliphatic heterocycles. The van der Waals surface area contributed by atoms with Crippen LogP contribution < -0.4 is 9.47 Å². The smallest absolute Gasteiger partial charge is 0.417 e. The molecule has 0 aromatic heterocycles. The summed E-state index contributed by atoms with van der Waals surface area (Å²) in [5, 5.41) is 0. The van der Waals surface area contributed by atoms with Crippen LogP contribution in [0, 0.1) is 0 Å². The van der Waals surface area contributed by atoms with Crippen molar-refractivity contribution >= 4 is 12.0 Å². The predicted octanol–water partition coefficient (Wildman–Crippen LogP) is 2.64. The van der Waals surface area contributed by atoms with Crippen LogP contribution in [-0.2, 0) is 11.2 Å². The van der Waals surface area contributed by atoms with Crippen molar-refractivity contribution in [1.29, 1.82) is 0 Å². The van der Waals surface area contributed by atoms with Crippen LogP contribution in [-0.4, -0.2) is 43.3 Å². The Balaban J connectivity index is 2.31. The summed E-state index contributed by atoms with van der Waals surface area (Å²) in [5.41, 5.74) is 0.632. The third-order valence-electron chi connectivity index (χ3n) is 3.30. The summed E-state index contributed by atoms with van der Waals surface area (Å²) < 4.78 is 15.7. The Morgan fingerprint density at radius 2 is 1.73 bits per heavy atom. The second-order valence-corrected chi connectivity index (χ2v) is 6.05. The lowest BCUT2D eigenvalue weighted by Gasteiger charge is -2.30. The van der Waals surface area contributed by atoms with Gasteiger partial charge in [0.05, 0.1) is 14.2 Å². The van der Waals surface area contributed by atoms with Crippen LogP contribution in [0.4, 0.5) is 4.79 Å². The van der Waals surface area contributed by atoms with Gasteiger partial charge in [-0.25, -0.2) is 9.69 Å². The van der Waals surface area contributed by atoms with E-state index < -0.39 is 11.7 Å². The number of amides is 2. The summed E-state index contributed by atoms with van der Waals surface area (Å²) in [4.78, 5) is 25.8. The van der Waals surface area contributed by atoms with Crippen LogP contribution in [0.1, 0.15) is 36.7 Å². The van der Waals surface area contributed by atoms with E-state index in [-0.39, 0.29) is 12.5 Å². The first kappa shape index (κ1) is 16.1. The van der Waals surface area contributed by atoms with Gasteiger partial charge in [0.25, 0.3) is 5.91 Å². The number of fused-ring (bicyclic) bond motifs is 1. The van der Waals surface area contributed by atoms with Crippen LogP contribution in [0.2, 0.25) is 0 Å². The summed E-state index contributed by atoms with van der Waals surface area (Å²) in [6.45, 7) is 5.58. The number of carbonyl (C=O) groups excluding carboxylic acids is 2. The largest absolute Gasteiger partial charge is 0.493 e. The zero-order chi connectivity index (χ0) is 16.5. The van der Waals surface area contributed by atoms with Gasteiger partial charge < -0.3 is 14.2 Å². The molecule has 0 unspecified atom stereocenters. The summed E-state index contributed by atoms with van der Waals surface area (Å²) in [7, 11) is 3.05. The number of nitrogens with zero attached hydrogens (tertiary/aromatic N) is 1. The zero-order valence-corrected chi connectivity index (χ0v) is 13.6. The number of hydrogen-bond donors (Lipinski definition) is 0. The Bertz CT molecular complexity index is 603. The average molecular weight is 307 g/mol. The van der Waals surface area contributed by atoms with Crippen molar-refractivity contribution in [3.05, 3.63) is 23.3 Å². The van der Waals surface area contributed by atoms with E-state index in [1.165, 1.54) is 7.11 Å². The summed E-state index contributed by atoms with van der Waals surface area (Å²) in [5.74, 6) is 0.650. The van der Waals surface area contributed by atoms with E-state index in [1.54, 1.807) is 40.0 Å². The normalized spacial score (nSPS) is 14.4. The Kier molecular flexibility index (Phi) is 4.30. The van der Waals surface area contributed by atoms with Crippen molar-refractivity contribution in [2.75, 3.05) is 20.8 Å². The van der Waals surface area contributed by atoms with Crippen molar-refractivity contribution in [1.82, 2.24) is 4.90 Å². The Morgan fingerprint density at radius 3 is 2.27 bits per heavy atom. The highest BCUT2D eigenvalue weighted by Crippen LogP contribution is 2.33. The topological polar surface area (TPSA) is 65.1 Å². The second-order valence-electron chi connectivity index (χ2n) is 6.05. The minimum absolute atomic E-state index is 0.288. The minimum atomic E-state index is -0.644. The Hall–Kier alpha value is -2.24. The first-order valence-electron chi connectivity index (χ1n) is 7.06. The summed E-state index contributed by atoms with van der Waals surface area (Å²) >= 11 is 0. The van der Waals surface area contributed by atoms with Crippen LogP contribution in [0.15, 0.2) is 12.1 Å². The number of hydrogen-bond acceptors (Lipinski definition) is 5. The third kappa shape index (κ3) is 3.16. The molecule has 0 radical (unpaired) electrons. The number of imide groups is 1. The minimum Gasteiger partial charge on any atom is -0.493 e. The van der Waals surface area contributed by atoms with E-state index in [4.69, 9.17) is 14.2 Å².